The molecule has 3 atom stereocenters. The second-order valence-electron chi connectivity index (χ2n) is 6.32. The van der Waals surface area contributed by atoms with E-state index in [0.717, 1.165) is 11.3 Å². The number of benzene rings is 1. The fourth-order valence-corrected chi connectivity index (χ4v) is 3.03. The van der Waals surface area contributed by atoms with Crippen molar-refractivity contribution in [3.63, 3.8) is 0 Å². The molecular weight excluding hydrogens is 266 g/mol. The number of hydrogen-bond acceptors (Lipinski definition) is 3. The Morgan fingerprint density at radius 3 is 2.14 bits per heavy atom. The Bertz CT molecular complexity index is 495. The normalized spacial score (nSPS) is 23.4. The molecule has 0 radical (unpaired) electrons. The van der Waals surface area contributed by atoms with E-state index in [4.69, 9.17) is 4.74 Å². The van der Waals surface area contributed by atoms with Crippen LogP contribution in [0.3, 0.4) is 0 Å². The molecule has 4 nitrogen and oxygen atoms in total. The minimum atomic E-state index is -0.611. The lowest BCUT2D eigenvalue weighted by Crippen LogP contribution is -2.62. The molecule has 1 fully saturated rings. The van der Waals surface area contributed by atoms with E-state index >= 15 is 0 Å². The average molecular weight is 291 g/mol. The average Bonchev–Trinajstić information content (AvgIpc) is 2.44. The third-order valence-electron chi connectivity index (χ3n) is 4.24. The lowest BCUT2D eigenvalue weighted by Gasteiger charge is -2.52. The summed E-state index contributed by atoms with van der Waals surface area (Å²) in [6.45, 7) is 7.90. The summed E-state index contributed by atoms with van der Waals surface area (Å²) in [5.41, 5.74) is 1.05. The SMILES string of the molecule is COc1ccc([C@@H]2[C@@H](C(O)C(C)C)C(=O)N2C(C)C)cc1. The molecule has 1 saturated heterocycles. The lowest BCUT2D eigenvalue weighted by molar-refractivity contribution is -0.172. The predicted molar refractivity (Wildman–Crippen MR) is 82.1 cm³/mol. The van der Waals surface area contributed by atoms with E-state index in [0.29, 0.717) is 0 Å². The Kier molecular flexibility index (Phi) is 4.57. The van der Waals surface area contributed by atoms with Crippen molar-refractivity contribution in [2.45, 2.75) is 45.9 Å². The van der Waals surface area contributed by atoms with Crippen molar-refractivity contribution in [1.82, 2.24) is 4.90 Å². The summed E-state index contributed by atoms with van der Waals surface area (Å²) in [7, 11) is 1.63. The van der Waals surface area contributed by atoms with Crippen molar-refractivity contribution in [2.75, 3.05) is 7.11 Å². The molecule has 4 heteroatoms. The molecule has 0 spiro atoms. The molecule has 1 unspecified atom stereocenters. The number of amides is 1. The maximum absolute atomic E-state index is 12.4. The number of carbonyl (C=O) groups is 1. The molecule has 1 aliphatic rings. The number of likely N-dealkylation sites (tertiary alicyclic amines) is 1. The van der Waals surface area contributed by atoms with E-state index in [1.807, 2.05) is 56.9 Å². The third-order valence-corrected chi connectivity index (χ3v) is 4.24. The first-order chi connectivity index (χ1) is 9.88. The molecule has 1 N–H and O–H groups in total. The molecule has 0 saturated carbocycles. The fraction of sp³-hybridized carbons (Fsp3) is 0.588. The van der Waals surface area contributed by atoms with Gasteiger partial charge in [0.15, 0.2) is 0 Å². The van der Waals surface area contributed by atoms with Gasteiger partial charge in [0, 0.05) is 6.04 Å². The second kappa shape index (κ2) is 6.06. The van der Waals surface area contributed by atoms with Crippen LogP contribution in [0, 0.1) is 11.8 Å². The topological polar surface area (TPSA) is 49.8 Å². The highest BCUT2D eigenvalue weighted by molar-refractivity contribution is 5.87. The zero-order chi connectivity index (χ0) is 15.7. The summed E-state index contributed by atoms with van der Waals surface area (Å²) in [5.74, 6) is 0.559. The number of ether oxygens (including phenoxy) is 1. The van der Waals surface area contributed by atoms with Gasteiger partial charge in [-0.1, -0.05) is 26.0 Å². The zero-order valence-electron chi connectivity index (χ0n) is 13.4. The number of aliphatic hydroxyl groups is 1. The lowest BCUT2D eigenvalue weighted by atomic mass is 9.75. The van der Waals surface area contributed by atoms with Crippen LogP contribution in [-0.4, -0.2) is 35.2 Å². The summed E-state index contributed by atoms with van der Waals surface area (Å²) >= 11 is 0. The number of rotatable bonds is 5. The van der Waals surface area contributed by atoms with Crippen LogP contribution in [0.4, 0.5) is 0 Å². The predicted octanol–water partition coefficient (Wildman–Crippen LogP) is 2.62. The van der Waals surface area contributed by atoms with E-state index in [-0.39, 0.29) is 29.8 Å². The smallest absolute Gasteiger partial charge is 0.231 e. The fourth-order valence-electron chi connectivity index (χ4n) is 3.03. The maximum Gasteiger partial charge on any atom is 0.231 e. The van der Waals surface area contributed by atoms with E-state index in [1.165, 1.54) is 0 Å². The first-order valence-corrected chi connectivity index (χ1v) is 7.52. The Balaban J connectivity index is 2.31. The minimum absolute atomic E-state index is 0.0482. The summed E-state index contributed by atoms with van der Waals surface area (Å²) in [6, 6.07) is 7.82. The minimum Gasteiger partial charge on any atom is -0.497 e. The Morgan fingerprint density at radius 1 is 1.14 bits per heavy atom. The van der Waals surface area contributed by atoms with Gasteiger partial charge in [0.25, 0.3) is 0 Å². The number of hydrogen-bond donors (Lipinski definition) is 1. The number of methoxy groups -OCH3 is 1. The van der Waals surface area contributed by atoms with Gasteiger partial charge in [-0.2, -0.15) is 0 Å². The molecule has 1 aromatic carbocycles. The van der Waals surface area contributed by atoms with Gasteiger partial charge >= 0.3 is 0 Å². The monoisotopic (exact) mass is 291 g/mol. The number of aliphatic hydroxyl groups excluding tert-OH is 1. The van der Waals surface area contributed by atoms with E-state index in [1.54, 1.807) is 7.11 Å². The van der Waals surface area contributed by atoms with Gasteiger partial charge in [0.05, 0.1) is 25.2 Å². The number of nitrogens with zero attached hydrogens (tertiary/aromatic N) is 1. The van der Waals surface area contributed by atoms with Crippen molar-refractivity contribution in [3.8, 4) is 5.75 Å². The highest BCUT2D eigenvalue weighted by Gasteiger charge is 2.52. The number of carbonyl (C=O) groups excluding carboxylic acids is 1. The largest absolute Gasteiger partial charge is 0.497 e. The highest BCUT2D eigenvalue weighted by atomic mass is 16.5. The maximum atomic E-state index is 12.4. The van der Waals surface area contributed by atoms with Crippen molar-refractivity contribution in [2.24, 2.45) is 11.8 Å². The summed E-state index contributed by atoms with van der Waals surface area (Å²) in [4.78, 5) is 14.3. The molecule has 116 valence electrons. The van der Waals surface area contributed by atoms with Crippen LogP contribution in [0.2, 0.25) is 0 Å². The van der Waals surface area contributed by atoms with Crippen LogP contribution in [-0.2, 0) is 4.79 Å². The van der Waals surface area contributed by atoms with Crippen LogP contribution in [0.1, 0.15) is 39.3 Å². The van der Waals surface area contributed by atoms with Crippen LogP contribution < -0.4 is 4.74 Å². The molecule has 0 aliphatic carbocycles. The Morgan fingerprint density at radius 2 is 1.71 bits per heavy atom. The van der Waals surface area contributed by atoms with E-state index in [2.05, 4.69) is 0 Å². The van der Waals surface area contributed by atoms with Crippen LogP contribution in [0.15, 0.2) is 24.3 Å². The Labute approximate surface area is 126 Å². The van der Waals surface area contributed by atoms with Gasteiger partial charge < -0.3 is 14.7 Å². The van der Waals surface area contributed by atoms with Crippen LogP contribution in [0.5, 0.6) is 5.75 Å². The van der Waals surface area contributed by atoms with Gasteiger partial charge in [0.2, 0.25) is 5.91 Å². The van der Waals surface area contributed by atoms with Gasteiger partial charge in [-0.15, -0.1) is 0 Å². The molecule has 21 heavy (non-hydrogen) atoms. The van der Waals surface area contributed by atoms with Gasteiger partial charge in [-0.05, 0) is 37.5 Å². The zero-order valence-corrected chi connectivity index (χ0v) is 13.4. The van der Waals surface area contributed by atoms with Gasteiger partial charge in [-0.25, -0.2) is 0 Å². The molecule has 1 amide bonds. The first-order valence-electron chi connectivity index (χ1n) is 7.52. The second-order valence-corrected chi connectivity index (χ2v) is 6.32. The Hall–Kier alpha value is -1.55. The quantitative estimate of drug-likeness (QED) is 0.848. The van der Waals surface area contributed by atoms with Gasteiger partial charge in [-0.3, -0.25) is 4.79 Å². The molecular formula is C17H25NO3. The van der Waals surface area contributed by atoms with Gasteiger partial charge in [0.1, 0.15) is 5.75 Å². The van der Waals surface area contributed by atoms with Crippen LogP contribution in [0.25, 0.3) is 0 Å². The molecule has 0 aromatic heterocycles. The summed E-state index contributed by atoms with van der Waals surface area (Å²) in [5, 5.41) is 10.4. The third kappa shape index (κ3) is 2.77. The molecule has 1 aliphatic heterocycles. The summed E-state index contributed by atoms with van der Waals surface area (Å²) < 4.78 is 5.18. The molecule has 0 bridgehead atoms. The van der Waals surface area contributed by atoms with E-state index in [9.17, 15) is 9.90 Å². The molecule has 1 aromatic rings. The van der Waals surface area contributed by atoms with Crippen LogP contribution >= 0.6 is 0 Å². The van der Waals surface area contributed by atoms with Crippen molar-refractivity contribution in [3.05, 3.63) is 29.8 Å². The molecule has 1 heterocycles. The van der Waals surface area contributed by atoms with Crippen molar-refractivity contribution < 1.29 is 14.6 Å². The summed E-state index contributed by atoms with van der Waals surface area (Å²) in [6.07, 6.45) is -0.611. The van der Waals surface area contributed by atoms with Crippen molar-refractivity contribution in [1.29, 1.82) is 0 Å². The standard InChI is InChI=1S/C17H25NO3/c1-10(2)16(19)14-15(18(11(3)4)17(14)20)12-6-8-13(21-5)9-7-12/h6-11,14-16,19H,1-5H3/t14-,15+,16?/m0/s1. The first kappa shape index (κ1) is 15.8. The number of β-lactam (4-membered cyclic amide) rings is 1. The van der Waals surface area contributed by atoms with E-state index < -0.39 is 6.10 Å². The highest BCUT2D eigenvalue weighted by Crippen LogP contribution is 2.45. The molecule has 2 rings (SSSR count). The van der Waals surface area contributed by atoms with Crippen molar-refractivity contribution >= 4 is 5.91 Å².